The highest BCUT2D eigenvalue weighted by molar-refractivity contribution is 5.76. The van der Waals surface area contributed by atoms with Crippen LogP contribution in [0.25, 0.3) is 0 Å². The Balaban J connectivity index is 1.86. The third-order valence-corrected chi connectivity index (χ3v) is 5.76. The van der Waals surface area contributed by atoms with E-state index in [1.54, 1.807) is 7.11 Å². The first-order valence-corrected chi connectivity index (χ1v) is 9.28. The predicted molar refractivity (Wildman–Crippen MR) is 97.3 cm³/mol. The van der Waals surface area contributed by atoms with E-state index in [2.05, 4.69) is 35.1 Å². The zero-order chi connectivity index (χ0) is 18.2. The lowest BCUT2D eigenvalue weighted by atomic mass is 9.52. The Morgan fingerprint density at radius 1 is 1.44 bits per heavy atom. The van der Waals surface area contributed by atoms with Gasteiger partial charge >= 0.3 is 0 Å². The molecule has 2 aliphatic rings. The van der Waals surface area contributed by atoms with E-state index in [1.165, 1.54) is 0 Å². The van der Waals surface area contributed by atoms with Crippen molar-refractivity contribution in [2.45, 2.75) is 65.6 Å². The number of hydrogen-bond acceptors (Lipinski definition) is 5. The number of piperidine rings is 1. The smallest absolute Gasteiger partial charge is 0.219 e. The van der Waals surface area contributed by atoms with Crippen molar-refractivity contribution in [1.82, 2.24) is 15.3 Å². The van der Waals surface area contributed by atoms with Crippen LogP contribution in [-0.4, -0.2) is 41.6 Å². The maximum absolute atomic E-state index is 11.9. The summed E-state index contributed by atoms with van der Waals surface area (Å²) in [4.78, 5) is 23.6. The van der Waals surface area contributed by atoms with Crippen LogP contribution < -0.4 is 10.2 Å². The molecular formula is C19H30N4O2. The maximum atomic E-state index is 11.9. The Morgan fingerprint density at radius 3 is 2.88 bits per heavy atom. The van der Waals surface area contributed by atoms with Gasteiger partial charge in [0.05, 0.1) is 0 Å². The number of ether oxygens (including phenoxy) is 1. The second-order valence-corrected chi connectivity index (χ2v) is 7.88. The molecule has 2 heterocycles. The van der Waals surface area contributed by atoms with E-state index >= 15 is 0 Å². The van der Waals surface area contributed by atoms with Crippen molar-refractivity contribution in [2.24, 2.45) is 11.3 Å². The van der Waals surface area contributed by atoms with Crippen LogP contribution in [0.1, 0.15) is 51.6 Å². The molecule has 1 aromatic heterocycles. The molecular weight excluding hydrogens is 316 g/mol. The molecule has 1 saturated heterocycles. The van der Waals surface area contributed by atoms with Crippen molar-refractivity contribution in [2.75, 3.05) is 18.6 Å². The fourth-order valence-electron chi connectivity index (χ4n) is 4.72. The van der Waals surface area contributed by atoms with Crippen LogP contribution in [0, 0.1) is 18.3 Å². The van der Waals surface area contributed by atoms with Crippen LogP contribution in [0.15, 0.2) is 6.07 Å². The largest absolute Gasteiger partial charge is 0.377 e. The minimum absolute atomic E-state index is 0.0240. The van der Waals surface area contributed by atoms with E-state index in [1.807, 2.05) is 13.8 Å². The van der Waals surface area contributed by atoms with E-state index < -0.39 is 0 Å². The van der Waals surface area contributed by atoms with Crippen LogP contribution in [-0.2, 0) is 16.1 Å². The molecule has 1 saturated carbocycles. The molecule has 138 valence electrons. The normalized spacial score (nSPS) is 27.4. The Morgan fingerprint density at radius 2 is 2.20 bits per heavy atom. The molecule has 1 aliphatic heterocycles. The highest BCUT2D eigenvalue weighted by Crippen LogP contribution is 2.53. The molecule has 3 unspecified atom stereocenters. The third kappa shape index (κ3) is 3.24. The number of nitrogens with one attached hydrogen (secondary N) is 1. The summed E-state index contributed by atoms with van der Waals surface area (Å²) < 4.78 is 5.21. The van der Waals surface area contributed by atoms with Crippen molar-refractivity contribution < 1.29 is 9.53 Å². The van der Waals surface area contributed by atoms with Crippen molar-refractivity contribution >= 4 is 11.7 Å². The zero-order valence-electron chi connectivity index (χ0n) is 16.0. The number of aromatic nitrogens is 2. The van der Waals surface area contributed by atoms with Gasteiger partial charge in [0, 0.05) is 55.3 Å². The van der Waals surface area contributed by atoms with Gasteiger partial charge in [-0.05, 0) is 19.8 Å². The maximum Gasteiger partial charge on any atom is 0.219 e. The van der Waals surface area contributed by atoms with E-state index in [0.717, 1.165) is 36.7 Å². The Bertz CT molecular complexity index is 646. The van der Waals surface area contributed by atoms with Crippen LogP contribution in [0.3, 0.4) is 0 Å². The summed E-state index contributed by atoms with van der Waals surface area (Å²) in [6.07, 6.45) is 2.83. The fourth-order valence-corrected chi connectivity index (χ4v) is 4.72. The molecule has 1 amide bonds. The number of anilines is 1. The summed E-state index contributed by atoms with van der Waals surface area (Å²) in [6, 6.07) is 2.71. The SMILES string of the molecule is CCC(=O)NC1C2CCCN(c3cc(C)nc(COC)n3)C2C1(C)C. The second kappa shape index (κ2) is 6.90. The van der Waals surface area contributed by atoms with Crippen LogP contribution in [0.4, 0.5) is 5.82 Å². The molecule has 3 atom stereocenters. The van der Waals surface area contributed by atoms with Gasteiger partial charge in [-0.2, -0.15) is 0 Å². The topological polar surface area (TPSA) is 67.4 Å². The van der Waals surface area contributed by atoms with Gasteiger partial charge in [0.15, 0.2) is 5.82 Å². The van der Waals surface area contributed by atoms with Crippen molar-refractivity contribution in [1.29, 1.82) is 0 Å². The number of rotatable bonds is 5. The molecule has 0 aromatic carbocycles. The van der Waals surface area contributed by atoms with E-state index in [-0.39, 0.29) is 17.4 Å². The summed E-state index contributed by atoms with van der Waals surface area (Å²) in [5, 5.41) is 3.25. The number of fused-ring (bicyclic) bond motifs is 1. The molecule has 2 fully saturated rings. The van der Waals surface area contributed by atoms with Gasteiger partial charge in [-0.3, -0.25) is 4.79 Å². The molecule has 25 heavy (non-hydrogen) atoms. The first kappa shape index (κ1) is 18.1. The molecule has 1 aliphatic carbocycles. The molecule has 1 N–H and O–H groups in total. The van der Waals surface area contributed by atoms with Gasteiger partial charge in [0.25, 0.3) is 0 Å². The van der Waals surface area contributed by atoms with Crippen LogP contribution in [0.5, 0.6) is 0 Å². The number of aryl methyl sites for hydroxylation is 1. The fraction of sp³-hybridized carbons (Fsp3) is 0.737. The number of carbonyl (C=O) groups excluding carboxylic acids is 1. The van der Waals surface area contributed by atoms with Crippen LogP contribution >= 0.6 is 0 Å². The van der Waals surface area contributed by atoms with E-state index in [9.17, 15) is 4.79 Å². The first-order chi connectivity index (χ1) is 11.9. The van der Waals surface area contributed by atoms with E-state index in [0.29, 0.717) is 25.0 Å². The molecule has 0 spiro atoms. The zero-order valence-corrected chi connectivity index (χ0v) is 16.0. The van der Waals surface area contributed by atoms with Gasteiger partial charge in [0.1, 0.15) is 12.4 Å². The molecule has 0 bridgehead atoms. The Labute approximate surface area is 150 Å². The predicted octanol–water partition coefficient (Wildman–Crippen LogP) is 2.45. The minimum Gasteiger partial charge on any atom is -0.377 e. The molecule has 1 aromatic rings. The van der Waals surface area contributed by atoms with Gasteiger partial charge in [-0.15, -0.1) is 0 Å². The van der Waals surface area contributed by atoms with E-state index in [4.69, 9.17) is 9.72 Å². The Kier molecular flexibility index (Phi) is 5.00. The summed E-state index contributed by atoms with van der Waals surface area (Å²) >= 11 is 0. The average molecular weight is 346 g/mol. The van der Waals surface area contributed by atoms with Crippen molar-refractivity contribution in [3.63, 3.8) is 0 Å². The lowest BCUT2D eigenvalue weighted by Gasteiger charge is -2.64. The standard InChI is InChI=1S/C19H30N4O2/c1-6-16(24)22-17-13-8-7-9-23(18(13)19(17,3)4)15-10-12(2)20-14(21-15)11-25-5/h10,13,17-18H,6-9,11H2,1-5H3,(H,22,24). The minimum atomic E-state index is 0.0240. The van der Waals surface area contributed by atoms with Crippen molar-refractivity contribution in [3.8, 4) is 0 Å². The molecule has 0 radical (unpaired) electrons. The summed E-state index contributed by atoms with van der Waals surface area (Å²) in [6.45, 7) is 9.86. The quantitative estimate of drug-likeness (QED) is 0.887. The molecule has 3 rings (SSSR count). The summed E-state index contributed by atoms with van der Waals surface area (Å²) in [5.41, 5.74) is 0.989. The number of nitrogens with zero attached hydrogens (tertiary/aromatic N) is 3. The monoisotopic (exact) mass is 346 g/mol. The Hall–Kier alpha value is -1.69. The van der Waals surface area contributed by atoms with Crippen LogP contribution in [0.2, 0.25) is 0 Å². The number of hydrogen-bond donors (Lipinski definition) is 1. The number of carbonyl (C=O) groups is 1. The number of methoxy groups -OCH3 is 1. The van der Waals surface area contributed by atoms with Gasteiger partial charge in [-0.1, -0.05) is 20.8 Å². The third-order valence-electron chi connectivity index (χ3n) is 5.76. The molecule has 6 heteroatoms. The second-order valence-electron chi connectivity index (χ2n) is 7.88. The first-order valence-electron chi connectivity index (χ1n) is 9.28. The lowest BCUT2D eigenvalue weighted by Crippen LogP contribution is -2.74. The summed E-state index contributed by atoms with van der Waals surface area (Å²) in [7, 11) is 1.67. The lowest BCUT2D eigenvalue weighted by molar-refractivity contribution is -0.127. The number of amides is 1. The van der Waals surface area contributed by atoms with Crippen molar-refractivity contribution in [3.05, 3.63) is 17.6 Å². The summed E-state index contributed by atoms with van der Waals surface area (Å²) in [5.74, 6) is 2.35. The van der Waals surface area contributed by atoms with Gasteiger partial charge < -0.3 is 15.0 Å². The van der Waals surface area contributed by atoms with Gasteiger partial charge in [-0.25, -0.2) is 9.97 Å². The average Bonchev–Trinajstić information content (AvgIpc) is 2.58. The highest BCUT2D eigenvalue weighted by Gasteiger charge is 2.60. The molecule has 6 nitrogen and oxygen atoms in total. The highest BCUT2D eigenvalue weighted by atomic mass is 16.5. The van der Waals surface area contributed by atoms with Gasteiger partial charge in [0.2, 0.25) is 5.91 Å².